The molecule has 168 valence electrons. The van der Waals surface area contributed by atoms with Crippen LogP contribution in [-0.4, -0.2) is 67.1 Å². The molecule has 2 aliphatic heterocycles. The van der Waals surface area contributed by atoms with Crippen molar-refractivity contribution in [3.05, 3.63) is 59.0 Å². The van der Waals surface area contributed by atoms with Gasteiger partial charge in [-0.25, -0.2) is 0 Å². The van der Waals surface area contributed by atoms with E-state index in [9.17, 15) is 9.90 Å². The predicted octanol–water partition coefficient (Wildman–Crippen LogP) is 1.33. The molecule has 2 heterocycles. The van der Waals surface area contributed by atoms with Crippen LogP contribution in [0.4, 0.5) is 0 Å². The number of carbonyl (C=O) groups is 1. The zero-order valence-corrected chi connectivity index (χ0v) is 17.0. The standard InChI is InChI=1S/C20H26N4O7/c1-3-9-27-18(26)14(21)11(2)29-20-15(23-24-22)16(25)17-13(30-20)10-28-19(31-17)12-7-5-4-6-8-12/h3-8,11,13-17,19-20,25H,1,9-10,21H2,2H3/t11-,13-,14+,15-,16-,17+,19?,20+/m1/s1. The quantitative estimate of drug-likeness (QED) is 0.204. The number of benzene rings is 1. The Morgan fingerprint density at radius 3 is 2.87 bits per heavy atom. The molecule has 1 unspecified atom stereocenters. The van der Waals surface area contributed by atoms with Gasteiger partial charge in [-0.05, 0) is 12.5 Å². The number of aliphatic hydroxyl groups excluding tert-OH is 1. The number of azide groups is 1. The first kappa shape index (κ1) is 23.2. The van der Waals surface area contributed by atoms with E-state index in [0.717, 1.165) is 5.56 Å². The molecule has 3 N–H and O–H groups in total. The highest BCUT2D eigenvalue weighted by Gasteiger charge is 2.50. The minimum Gasteiger partial charge on any atom is -0.460 e. The molecule has 3 rings (SSSR count). The summed E-state index contributed by atoms with van der Waals surface area (Å²) in [5.41, 5.74) is 15.6. The summed E-state index contributed by atoms with van der Waals surface area (Å²) in [6.07, 6.45) is -4.02. The number of hydrogen-bond donors (Lipinski definition) is 2. The number of aliphatic hydroxyl groups is 1. The van der Waals surface area contributed by atoms with E-state index < -0.39 is 55.0 Å². The highest BCUT2D eigenvalue weighted by atomic mass is 16.7. The molecular weight excluding hydrogens is 408 g/mol. The number of fused-ring (bicyclic) bond motifs is 1. The van der Waals surface area contributed by atoms with Gasteiger partial charge < -0.3 is 34.5 Å². The highest BCUT2D eigenvalue weighted by Crippen LogP contribution is 2.35. The third-order valence-electron chi connectivity index (χ3n) is 5.06. The monoisotopic (exact) mass is 434 g/mol. The third kappa shape index (κ3) is 5.41. The van der Waals surface area contributed by atoms with Crippen molar-refractivity contribution in [1.82, 2.24) is 0 Å². The summed E-state index contributed by atoms with van der Waals surface area (Å²) in [4.78, 5) is 14.8. The number of nitrogens with two attached hydrogens (primary N) is 1. The first-order valence-corrected chi connectivity index (χ1v) is 9.84. The Kier molecular flexibility index (Phi) is 7.99. The number of ether oxygens (including phenoxy) is 5. The van der Waals surface area contributed by atoms with Crippen LogP contribution >= 0.6 is 0 Å². The summed E-state index contributed by atoms with van der Waals surface area (Å²) < 4.78 is 28.2. The van der Waals surface area contributed by atoms with Crippen LogP contribution in [0.2, 0.25) is 0 Å². The molecule has 0 aromatic heterocycles. The van der Waals surface area contributed by atoms with E-state index in [2.05, 4.69) is 16.6 Å². The van der Waals surface area contributed by atoms with E-state index in [1.165, 1.54) is 6.08 Å². The molecule has 2 aliphatic rings. The fourth-order valence-corrected chi connectivity index (χ4v) is 3.38. The van der Waals surface area contributed by atoms with Crippen LogP contribution in [0.15, 0.2) is 48.1 Å². The molecule has 11 heteroatoms. The Balaban J connectivity index is 1.69. The Morgan fingerprint density at radius 1 is 1.45 bits per heavy atom. The van der Waals surface area contributed by atoms with E-state index in [4.69, 9.17) is 34.9 Å². The van der Waals surface area contributed by atoms with Crippen LogP contribution in [0.5, 0.6) is 0 Å². The Bertz CT molecular complexity index is 804. The summed E-state index contributed by atoms with van der Waals surface area (Å²) in [6.45, 7) is 5.15. The predicted molar refractivity (Wildman–Crippen MR) is 107 cm³/mol. The molecule has 2 saturated heterocycles. The molecule has 11 nitrogen and oxygen atoms in total. The summed E-state index contributed by atoms with van der Waals surface area (Å²) in [5, 5.41) is 14.5. The zero-order chi connectivity index (χ0) is 22.4. The van der Waals surface area contributed by atoms with Crippen LogP contribution in [0.3, 0.4) is 0 Å². The van der Waals surface area contributed by atoms with Gasteiger partial charge in [0.05, 0.1) is 18.8 Å². The Morgan fingerprint density at radius 2 is 2.19 bits per heavy atom. The van der Waals surface area contributed by atoms with E-state index in [0.29, 0.717) is 0 Å². The second-order valence-corrected chi connectivity index (χ2v) is 7.19. The fraction of sp³-hybridized carbons (Fsp3) is 0.550. The third-order valence-corrected chi connectivity index (χ3v) is 5.06. The highest BCUT2D eigenvalue weighted by molar-refractivity contribution is 5.76. The fourth-order valence-electron chi connectivity index (χ4n) is 3.38. The normalized spacial score (nSPS) is 32.1. The van der Waals surface area contributed by atoms with Gasteiger partial charge in [0.25, 0.3) is 0 Å². The lowest BCUT2D eigenvalue weighted by molar-refractivity contribution is -0.346. The molecular formula is C20H26N4O7. The molecule has 0 spiro atoms. The van der Waals surface area contributed by atoms with Crippen molar-refractivity contribution in [3.63, 3.8) is 0 Å². The molecule has 1 aromatic carbocycles. The smallest absolute Gasteiger partial charge is 0.325 e. The molecule has 0 saturated carbocycles. The van der Waals surface area contributed by atoms with Crippen molar-refractivity contribution in [1.29, 1.82) is 0 Å². The molecule has 1 aromatic rings. The molecule has 0 aliphatic carbocycles. The number of nitrogens with zero attached hydrogens (tertiary/aromatic N) is 3. The van der Waals surface area contributed by atoms with Crippen molar-refractivity contribution >= 4 is 5.97 Å². The minimum absolute atomic E-state index is 0.0141. The first-order chi connectivity index (χ1) is 15.0. The maximum Gasteiger partial charge on any atom is 0.325 e. The van der Waals surface area contributed by atoms with Gasteiger partial charge >= 0.3 is 5.97 Å². The van der Waals surface area contributed by atoms with Crippen molar-refractivity contribution in [2.75, 3.05) is 13.2 Å². The first-order valence-electron chi connectivity index (χ1n) is 9.84. The summed E-state index contributed by atoms with van der Waals surface area (Å²) in [5.74, 6) is -0.683. The van der Waals surface area contributed by atoms with Gasteiger partial charge in [-0.15, -0.1) is 0 Å². The van der Waals surface area contributed by atoms with Crippen LogP contribution < -0.4 is 5.73 Å². The maximum absolute atomic E-state index is 12.0. The summed E-state index contributed by atoms with van der Waals surface area (Å²) in [7, 11) is 0. The molecule has 2 fully saturated rings. The maximum atomic E-state index is 12.0. The lowest BCUT2D eigenvalue weighted by atomic mass is 9.96. The largest absolute Gasteiger partial charge is 0.460 e. The lowest BCUT2D eigenvalue weighted by Gasteiger charge is -2.47. The van der Waals surface area contributed by atoms with Gasteiger partial charge in [0.1, 0.15) is 30.9 Å². The van der Waals surface area contributed by atoms with Crippen LogP contribution in [0.1, 0.15) is 18.8 Å². The summed E-state index contributed by atoms with van der Waals surface area (Å²) in [6, 6.07) is 7.00. The molecule has 0 radical (unpaired) electrons. The second-order valence-electron chi connectivity index (χ2n) is 7.19. The number of carbonyl (C=O) groups excluding carboxylic acids is 1. The van der Waals surface area contributed by atoms with Crippen molar-refractivity contribution in [2.24, 2.45) is 10.8 Å². The second kappa shape index (κ2) is 10.7. The number of hydrogen-bond acceptors (Lipinski definition) is 9. The van der Waals surface area contributed by atoms with Crippen molar-refractivity contribution < 1.29 is 33.6 Å². The number of esters is 1. The van der Waals surface area contributed by atoms with Gasteiger partial charge in [0.2, 0.25) is 0 Å². The topological polar surface area (TPSA) is 158 Å². The van der Waals surface area contributed by atoms with E-state index in [1.807, 2.05) is 30.3 Å². The zero-order valence-electron chi connectivity index (χ0n) is 17.0. The Labute approximate surface area is 179 Å². The lowest BCUT2D eigenvalue weighted by Crippen LogP contribution is -2.62. The average Bonchev–Trinajstić information content (AvgIpc) is 2.79. The van der Waals surface area contributed by atoms with E-state index in [-0.39, 0.29) is 13.2 Å². The number of rotatable bonds is 8. The van der Waals surface area contributed by atoms with E-state index >= 15 is 0 Å². The van der Waals surface area contributed by atoms with Gasteiger partial charge in [0.15, 0.2) is 12.6 Å². The van der Waals surface area contributed by atoms with Gasteiger partial charge in [0, 0.05) is 10.5 Å². The van der Waals surface area contributed by atoms with Crippen molar-refractivity contribution in [2.45, 2.75) is 56.0 Å². The summed E-state index contributed by atoms with van der Waals surface area (Å²) >= 11 is 0. The van der Waals surface area contributed by atoms with Gasteiger partial charge in [-0.1, -0.05) is 48.1 Å². The van der Waals surface area contributed by atoms with Crippen molar-refractivity contribution in [3.8, 4) is 0 Å². The van der Waals surface area contributed by atoms with Gasteiger partial charge in [-0.3, -0.25) is 4.79 Å². The SMILES string of the molecule is C=CCOC(=O)[C@@H](N)[C@@H](C)O[C@H]1O[C@@H]2COC(c3ccccc3)O[C@@H]2[C@H](O)[C@H]1N=[N+]=[N-]. The average molecular weight is 434 g/mol. The minimum atomic E-state index is -1.23. The molecule has 31 heavy (non-hydrogen) atoms. The molecule has 8 atom stereocenters. The van der Waals surface area contributed by atoms with Crippen LogP contribution in [-0.2, 0) is 28.5 Å². The van der Waals surface area contributed by atoms with E-state index in [1.54, 1.807) is 6.92 Å². The van der Waals surface area contributed by atoms with Crippen LogP contribution in [0.25, 0.3) is 10.4 Å². The van der Waals surface area contributed by atoms with Crippen LogP contribution in [0, 0.1) is 0 Å². The molecule has 0 amide bonds. The van der Waals surface area contributed by atoms with Gasteiger partial charge in [-0.2, -0.15) is 0 Å². The Hall–Kier alpha value is -2.50. The molecule has 0 bridgehead atoms.